The van der Waals surface area contributed by atoms with Crippen LogP contribution < -0.4 is 10.6 Å². The smallest absolute Gasteiger partial charge is 0.236 e. The van der Waals surface area contributed by atoms with Gasteiger partial charge in [-0.2, -0.15) is 0 Å². The zero-order chi connectivity index (χ0) is 14.5. The Hall–Kier alpha value is -2.43. The average molecular weight is 268 g/mol. The van der Waals surface area contributed by atoms with Crippen molar-refractivity contribution in [3.8, 4) is 11.1 Å². The van der Waals surface area contributed by atoms with Crippen molar-refractivity contribution in [3.05, 3.63) is 36.2 Å². The summed E-state index contributed by atoms with van der Waals surface area (Å²) in [5, 5.41) is 0. The number of benzene rings is 1. The van der Waals surface area contributed by atoms with Gasteiger partial charge in [0.15, 0.2) is 0 Å². The van der Waals surface area contributed by atoms with Crippen molar-refractivity contribution in [2.75, 3.05) is 17.7 Å². The van der Waals surface area contributed by atoms with E-state index in [0.29, 0.717) is 0 Å². The summed E-state index contributed by atoms with van der Waals surface area (Å²) in [4.78, 5) is 22.0. The SMILES string of the molecule is CN1C(=O)C(C)(C)c2ccc(-c3cnc(N)nc3)cc21. The van der Waals surface area contributed by atoms with Gasteiger partial charge in [-0.05, 0) is 31.0 Å². The van der Waals surface area contributed by atoms with Gasteiger partial charge in [0.25, 0.3) is 0 Å². The van der Waals surface area contributed by atoms with Crippen molar-refractivity contribution in [1.29, 1.82) is 0 Å². The lowest BCUT2D eigenvalue weighted by Gasteiger charge is -2.16. The Balaban J connectivity index is 2.12. The molecule has 0 spiro atoms. The van der Waals surface area contributed by atoms with Crippen molar-refractivity contribution < 1.29 is 4.79 Å². The van der Waals surface area contributed by atoms with E-state index in [4.69, 9.17) is 5.73 Å². The molecule has 2 heterocycles. The Labute approximate surface area is 117 Å². The van der Waals surface area contributed by atoms with Gasteiger partial charge >= 0.3 is 0 Å². The summed E-state index contributed by atoms with van der Waals surface area (Å²) in [6.07, 6.45) is 3.37. The number of anilines is 2. The summed E-state index contributed by atoms with van der Waals surface area (Å²) in [6, 6.07) is 5.99. The lowest BCUT2D eigenvalue weighted by molar-refractivity contribution is -0.121. The van der Waals surface area contributed by atoms with Gasteiger partial charge in [-0.15, -0.1) is 0 Å². The fourth-order valence-electron chi connectivity index (χ4n) is 2.65. The molecule has 5 heteroatoms. The quantitative estimate of drug-likeness (QED) is 0.858. The van der Waals surface area contributed by atoms with Crippen molar-refractivity contribution in [2.24, 2.45) is 0 Å². The molecule has 0 aliphatic carbocycles. The molecule has 1 amide bonds. The van der Waals surface area contributed by atoms with Crippen LogP contribution in [0.4, 0.5) is 11.6 Å². The second-order valence-electron chi connectivity index (χ2n) is 5.55. The van der Waals surface area contributed by atoms with E-state index in [9.17, 15) is 4.79 Å². The van der Waals surface area contributed by atoms with Gasteiger partial charge in [0.2, 0.25) is 11.9 Å². The minimum absolute atomic E-state index is 0.109. The van der Waals surface area contributed by atoms with Crippen molar-refractivity contribution >= 4 is 17.5 Å². The first-order valence-electron chi connectivity index (χ1n) is 6.42. The Kier molecular flexibility index (Phi) is 2.54. The highest BCUT2D eigenvalue weighted by atomic mass is 16.2. The summed E-state index contributed by atoms with van der Waals surface area (Å²) in [5.41, 5.74) is 8.86. The fraction of sp³-hybridized carbons (Fsp3) is 0.267. The lowest BCUT2D eigenvalue weighted by atomic mass is 9.85. The molecule has 0 atom stereocenters. The number of nitrogens with zero attached hydrogens (tertiary/aromatic N) is 3. The number of likely N-dealkylation sites (N-methyl/N-ethyl adjacent to an activating group) is 1. The van der Waals surface area contributed by atoms with E-state index >= 15 is 0 Å². The highest BCUT2D eigenvalue weighted by molar-refractivity contribution is 6.07. The van der Waals surface area contributed by atoms with Crippen LogP contribution in [0, 0.1) is 0 Å². The number of fused-ring (bicyclic) bond motifs is 1. The van der Waals surface area contributed by atoms with E-state index in [-0.39, 0.29) is 11.9 Å². The molecule has 102 valence electrons. The first-order chi connectivity index (χ1) is 9.41. The number of carbonyl (C=O) groups excluding carboxylic acids is 1. The molecule has 1 aliphatic rings. The molecule has 1 aromatic heterocycles. The second-order valence-corrected chi connectivity index (χ2v) is 5.55. The molecule has 0 bridgehead atoms. The maximum atomic E-state index is 12.3. The highest BCUT2D eigenvalue weighted by Gasteiger charge is 2.42. The maximum Gasteiger partial charge on any atom is 0.236 e. The van der Waals surface area contributed by atoms with E-state index in [0.717, 1.165) is 22.4 Å². The van der Waals surface area contributed by atoms with Gasteiger partial charge in [-0.25, -0.2) is 9.97 Å². The van der Waals surface area contributed by atoms with Crippen LogP contribution in [-0.2, 0) is 10.2 Å². The van der Waals surface area contributed by atoms with E-state index < -0.39 is 5.41 Å². The molecule has 0 saturated carbocycles. The number of aromatic nitrogens is 2. The van der Waals surface area contributed by atoms with Crippen molar-refractivity contribution in [2.45, 2.75) is 19.3 Å². The van der Waals surface area contributed by atoms with Gasteiger partial charge in [0.1, 0.15) is 0 Å². The molecule has 1 aromatic carbocycles. The predicted octanol–water partition coefficient (Wildman–Crippen LogP) is 1.98. The number of rotatable bonds is 1. The van der Waals surface area contributed by atoms with Crippen molar-refractivity contribution in [3.63, 3.8) is 0 Å². The van der Waals surface area contributed by atoms with Crippen LogP contribution in [0.1, 0.15) is 19.4 Å². The first-order valence-corrected chi connectivity index (χ1v) is 6.42. The Morgan fingerprint density at radius 3 is 2.45 bits per heavy atom. The minimum atomic E-state index is -0.472. The molecule has 0 saturated heterocycles. The summed E-state index contributed by atoms with van der Waals surface area (Å²) in [6.45, 7) is 3.90. The zero-order valence-corrected chi connectivity index (χ0v) is 11.7. The average Bonchev–Trinajstić information content (AvgIpc) is 2.61. The normalized spacial score (nSPS) is 16.4. The molecule has 0 unspecified atom stereocenters. The number of hydrogen-bond donors (Lipinski definition) is 1. The fourth-order valence-corrected chi connectivity index (χ4v) is 2.65. The number of hydrogen-bond acceptors (Lipinski definition) is 4. The van der Waals surface area contributed by atoms with Crippen LogP contribution in [-0.4, -0.2) is 22.9 Å². The molecule has 0 radical (unpaired) electrons. The molecular weight excluding hydrogens is 252 g/mol. The van der Waals surface area contributed by atoms with E-state index in [2.05, 4.69) is 9.97 Å². The molecule has 2 aromatic rings. The van der Waals surface area contributed by atoms with Crippen LogP contribution in [0.3, 0.4) is 0 Å². The summed E-state index contributed by atoms with van der Waals surface area (Å²) in [7, 11) is 1.80. The zero-order valence-electron chi connectivity index (χ0n) is 11.7. The number of amides is 1. The molecule has 20 heavy (non-hydrogen) atoms. The second kappa shape index (κ2) is 4.03. The standard InChI is InChI=1S/C15H16N4O/c1-15(2)11-5-4-9(6-12(11)19(3)13(15)20)10-7-17-14(16)18-8-10/h4-8H,1-3H3,(H2,16,17,18). The van der Waals surface area contributed by atoms with E-state index in [1.807, 2.05) is 32.0 Å². The summed E-state index contributed by atoms with van der Waals surface area (Å²) >= 11 is 0. The Bertz CT molecular complexity index is 692. The van der Waals surface area contributed by atoms with Crippen LogP contribution in [0.25, 0.3) is 11.1 Å². The molecular formula is C15H16N4O. The topological polar surface area (TPSA) is 72.1 Å². The summed E-state index contributed by atoms with van der Waals surface area (Å²) in [5.74, 6) is 0.363. The van der Waals surface area contributed by atoms with Crippen LogP contribution in [0.5, 0.6) is 0 Å². The third kappa shape index (κ3) is 1.66. The van der Waals surface area contributed by atoms with Gasteiger partial charge in [-0.3, -0.25) is 4.79 Å². The van der Waals surface area contributed by atoms with Gasteiger partial charge in [0, 0.05) is 30.7 Å². The number of nitrogens with two attached hydrogens (primary N) is 1. The number of carbonyl (C=O) groups is 1. The highest BCUT2D eigenvalue weighted by Crippen LogP contribution is 2.42. The van der Waals surface area contributed by atoms with Crippen LogP contribution in [0.15, 0.2) is 30.6 Å². The summed E-state index contributed by atoms with van der Waals surface area (Å²) < 4.78 is 0. The monoisotopic (exact) mass is 268 g/mol. The minimum Gasteiger partial charge on any atom is -0.368 e. The molecule has 5 nitrogen and oxygen atoms in total. The third-order valence-corrected chi connectivity index (χ3v) is 3.88. The molecule has 1 aliphatic heterocycles. The first kappa shape index (κ1) is 12.6. The Morgan fingerprint density at radius 2 is 1.80 bits per heavy atom. The van der Waals surface area contributed by atoms with Crippen molar-refractivity contribution in [1.82, 2.24) is 9.97 Å². The maximum absolute atomic E-state index is 12.3. The van der Waals surface area contributed by atoms with Gasteiger partial charge in [0.05, 0.1) is 5.41 Å². The van der Waals surface area contributed by atoms with E-state index in [1.165, 1.54) is 0 Å². The molecule has 2 N–H and O–H groups in total. The largest absolute Gasteiger partial charge is 0.368 e. The molecule has 0 fully saturated rings. The third-order valence-electron chi connectivity index (χ3n) is 3.88. The predicted molar refractivity (Wildman–Crippen MR) is 78.3 cm³/mol. The molecule has 3 rings (SSSR count). The van der Waals surface area contributed by atoms with Crippen LogP contribution >= 0.6 is 0 Å². The van der Waals surface area contributed by atoms with Crippen LogP contribution in [0.2, 0.25) is 0 Å². The number of nitrogen functional groups attached to an aromatic ring is 1. The van der Waals surface area contributed by atoms with E-state index in [1.54, 1.807) is 24.3 Å². The van der Waals surface area contributed by atoms with Gasteiger partial charge < -0.3 is 10.6 Å². The Morgan fingerprint density at radius 1 is 1.15 bits per heavy atom. The van der Waals surface area contributed by atoms with Gasteiger partial charge in [-0.1, -0.05) is 12.1 Å². The lowest BCUT2D eigenvalue weighted by Crippen LogP contribution is -2.33.